The van der Waals surface area contributed by atoms with Crippen molar-refractivity contribution < 1.29 is 9.53 Å². The van der Waals surface area contributed by atoms with Crippen LogP contribution in [0.25, 0.3) is 0 Å². The molecule has 0 aliphatic rings. The number of methoxy groups -OCH3 is 1. The fraction of sp³-hybridized carbons (Fsp3) is 0.150. The third-order valence-electron chi connectivity index (χ3n) is 3.88. The molecule has 0 amide bonds. The lowest BCUT2D eigenvalue weighted by atomic mass is 10.1. The second-order valence-electron chi connectivity index (χ2n) is 5.74. The van der Waals surface area contributed by atoms with Crippen LogP contribution in [0.3, 0.4) is 0 Å². The minimum absolute atomic E-state index is 0.123. The number of nitrogens with zero attached hydrogens (tertiary/aromatic N) is 2. The number of esters is 1. The van der Waals surface area contributed by atoms with Gasteiger partial charge < -0.3 is 15.4 Å². The highest BCUT2D eigenvalue weighted by atomic mass is 16.5. The highest BCUT2D eigenvalue weighted by Gasteiger charge is 2.08. The van der Waals surface area contributed by atoms with Gasteiger partial charge in [-0.15, -0.1) is 0 Å². The number of carbonyl (C=O) groups is 1. The zero-order valence-electron chi connectivity index (χ0n) is 14.6. The van der Waals surface area contributed by atoms with Crippen LogP contribution in [0.4, 0.5) is 17.5 Å². The molecule has 0 fully saturated rings. The molecule has 0 bridgehead atoms. The Morgan fingerprint density at radius 3 is 2.46 bits per heavy atom. The van der Waals surface area contributed by atoms with Crippen molar-refractivity contribution >= 4 is 23.4 Å². The van der Waals surface area contributed by atoms with Crippen LogP contribution in [-0.4, -0.2) is 23.0 Å². The number of benzene rings is 2. The zero-order valence-corrected chi connectivity index (χ0v) is 14.6. The van der Waals surface area contributed by atoms with Gasteiger partial charge in [0.25, 0.3) is 0 Å². The second-order valence-corrected chi connectivity index (χ2v) is 5.74. The van der Waals surface area contributed by atoms with E-state index in [9.17, 15) is 4.79 Å². The molecule has 1 atom stereocenters. The Kier molecular flexibility index (Phi) is 5.43. The lowest BCUT2D eigenvalue weighted by Crippen LogP contribution is -2.09. The number of hydrogen-bond donors (Lipinski definition) is 2. The van der Waals surface area contributed by atoms with Gasteiger partial charge in [0.15, 0.2) is 0 Å². The summed E-state index contributed by atoms with van der Waals surface area (Å²) in [5.41, 5.74) is 2.45. The predicted octanol–water partition coefficient (Wildman–Crippen LogP) is 4.18. The highest BCUT2D eigenvalue weighted by molar-refractivity contribution is 5.89. The fourth-order valence-electron chi connectivity index (χ4n) is 2.48. The minimum Gasteiger partial charge on any atom is -0.465 e. The van der Waals surface area contributed by atoms with Gasteiger partial charge in [-0.25, -0.2) is 9.78 Å². The maximum Gasteiger partial charge on any atom is 0.337 e. The van der Waals surface area contributed by atoms with Crippen molar-refractivity contribution in [3.63, 3.8) is 0 Å². The molecule has 0 saturated carbocycles. The Bertz CT molecular complexity index is 866. The molecule has 0 aliphatic heterocycles. The van der Waals surface area contributed by atoms with E-state index in [0.29, 0.717) is 11.5 Å². The number of hydrogen-bond acceptors (Lipinski definition) is 6. The van der Waals surface area contributed by atoms with Crippen molar-refractivity contribution in [1.82, 2.24) is 9.97 Å². The Labute approximate surface area is 152 Å². The van der Waals surface area contributed by atoms with Crippen LogP contribution < -0.4 is 10.6 Å². The highest BCUT2D eigenvalue weighted by Crippen LogP contribution is 2.19. The molecule has 2 N–H and O–H groups in total. The normalized spacial score (nSPS) is 11.5. The molecule has 1 unspecified atom stereocenters. The van der Waals surface area contributed by atoms with Gasteiger partial charge in [0.1, 0.15) is 5.82 Å². The van der Waals surface area contributed by atoms with E-state index in [1.165, 1.54) is 12.7 Å². The van der Waals surface area contributed by atoms with Crippen LogP contribution in [-0.2, 0) is 4.74 Å². The lowest BCUT2D eigenvalue weighted by Gasteiger charge is -2.15. The third-order valence-corrected chi connectivity index (χ3v) is 3.88. The van der Waals surface area contributed by atoms with Crippen molar-refractivity contribution in [2.75, 3.05) is 17.7 Å². The molecule has 0 aliphatic carbocycles. The van der Waals surface area contributed by atoms with E-state index in [1.807, 2.05) is 24.3 Å². The number of carbonyl (C=O) groups excluding carboxylic acids is 1. The third kappa shape index (κ3) is 4.36. The van der Waals surface area contributed by atoms with Crippen molar-refractivity contribution in [3.05, 3.63) is 78.0 Å². The molecular formula is C20H20N4O2. The first kappa shape index (κ1) is 17.4. The average Bonchev–Trinajstić information content (AvgIpc) is 2.69. The maximum absolute atomic E-state index is 11.5. The number of aromatic nitrogens is 2. The summed E-state index contributed by atoms with van der Waals surface area (Å²) < 4.78 is 4.69. The maximum atomic E-state index is 11.5. The smallest absolute Gasteiger partial charge is 0.337 e. The number of ether oxygens (including phenoxy) is 1. The quantitative estimate of drug-likeness (QED) is 0.651. The van der Waals surface area contributed by atoms with Crippen LogP contribution in [0.1, 0.15) is 28.9 Å². The van der Waals surface area contributed by atoms with Gasteiger partial charge >= 0.3 is 5.97 Å². The van der Waals surface area contributed by atoms with Crippen molar-refractivity contribution in [2.24, 2.45) is 0 Å². The molecule has 6 heteroatoms. The first-order valence-corrected chi connectivity index (χ1v) is 8.25. The molecule has 132 valence electrons. The summed E-state index contributed by atoms with van der Waals surface area (Å²) >= 11 is 0. The molecular weight excluding hydrogens is 328 g/mol. The van der Waals surface area contributed by atoms with E-state index < -0.39 is 0 Å². The lowest BCUT2D eigenvalue weighted by molar-refractivity contribution is 0.0601. The van der Waals surface area contributed by atoms with Gasteiger partial charge in [0.05, 0.1) is 12.7 Å². The Morgan fingerprint density at radius 2 is 1.77 bits per heavy atom. The van der Waals surface area contributed by atoms with Gasteiger partial charge in [-0.3, -0.25) is 0 Å². The van der Waals surface area contributed by atoms with Crippen molar-refractivity contribution in [1.29, 1.82) is 0 Å². The predicted molar refractivity (Wildman–Crippen MR) is 102 cm³/mol. The van der Waals surface area contributed by atoms with Gasteiger partial charge in [0.2, 0.25) is 5.95 Å². The van der Waals surface area contributed by atoms with Crippen LogP contribution in [0, 0.1) is 0 Å². The average molecular weight is 348 g/mol. The fourth-order valence-corrected chi connectivity index (χ4v) is 2.48. The summed E-state index contributed by atoms with van der Waals surface area (Å²) in [6.07, 6.45) is 1.69. The van der Waals surface area contributed by atoms with Gasteiger partial charge in [-0.1, -0.05) is 30.3 Å². The summed E-state index contributed by atoms with van der Waals surface area (Å²) in [6, 6.07) is 19.0. The van der Waals surface area contributed by atoms with E-state index in [4.69, 9.17) is 4.74 Å². The van der Waals surface area contributed by atoms with Crippen molar-refractivity contribution in [2.45, 2.75) is 13.0 Å². The molecule has 0 radical (unpaired) electrons. The topological polar surface area (TPSA) is 76.1 Å². The minimum atomic E-state index is -0.367. The molecule has 3 rings (SSSR count). The summed E-state index contributed by atoms with van der Waals surface area (Å²) in [5, 5.41) is 6.49. The molecule has 3 aromatic rings. The van der Waals surface area contributed by atoms with E-state index in [2.05, 4.69) is 39.7 Å². The molecule has 0 spiro atoms. The first-order chi connectivity index (χ1) is 12.7. The van der Waals surface area contributed by atoms with Gasteiger partial charge in [-0.2, -0.15) is 4.98 Å². The number of nitrogens with one attached hydrogen (secondary N) is 2. The summed E-state index contributed by atoms with van der Waals surface area (Å²) in [4.78, 5) is 20.2. The Hall–Kier alpha value is -3.41. The van der Waals surface area contributed by atoms with E-state index >= 15 is 0 Å². The number of rotatable bonds is 6. The Balaban J connectivity index is 1.68. The molecule has 6 nitrogen and oxygen atoms in total. The van der Waals surface area contributed by atoms with Gasteiger partial charge in [0, 0.05) is 17.9 Å². The number of anilines is 3. The molecule has 0 saturated heterocycles. The zero-order chi connectivity index (χ0) is 18.4. The first-order valence-electron chi connectivity index (χ1n) is 8.25. The van der Waals surface area contributed by atoms with Crippen LogP contribution >= 0.6 is 0 Å². The largest absolute Gasteiger partial charge is 0.465 e. The molecule has 26 heavy (non-hydrogen) atoms. The van der Waals surface area contributed by atoms with E-state index in [1.54, 1.807) is 30.5 Å². The molecule has 1 heterocycles. The summed E-state index contributed by atoms with van der Waals surface area (Å²) in [6.45, 7) is 2.08. The van der Waals surface area contributed by atoms with E-state index in [-0.39, 0.29) is 12.0 Å². The SMILES string of the molecule is COC(=O)c1ccc(Nc2nccc(NC(C)c3ccccc3)n2)cc1. The van der Waals surface area contributed by atoms with Crippen LogP contribution in [0.15, 0.2) is 66.9 Å². The van der Waals surface area contributed by atoms with Crippen LogP contribution in [0.5, 0.6) is 0 Å². The Morgan fingerprint density at radius 1 is 1.04 bits per heavy atom. The molecule has 2 aromatic carbocycles. The molecule has 1 aromatic heterocycles. The second kappa shape index (κ2) is 8.11. The summed E-state index contributed by atoms with van der Waals surface area (Å²) in [5.74, 6) is 0.833. The summed E-state index contributed by atoms with van der Waals surface area (Å²) in [7, 11) is 1.36. The van der Waals surface area contributed by atoms with Gasteiger partial charge in [-0.05, 0) is 42.8 Å². The van der Waals surface area contributed by atoms with Crippen molar-refractivity contribution in [3.8, 4) is 0 Å². The van der Waals surface area contributed by atoms with E-state index in [0.717, 1.165) is 11.5 Å². The standard InChI is InChI=1S/C20H20N4O2/c1-14(15-6-4-3-5-7-15)22-18-12-13-21-20(24-18)23-17-10-8-16(9-11-17)19(25)26-2/h3-14H,1-2H3,(H2,21,22,23,24). The van der Waals surface area contributed by atoms with Crippen LogP contribution in [0.2, 0.25) is 0 Å². The monoisotopic (exact) mass is 348 g/mol.